The van der Waals surface area contributed by atoms with Gasteiger partial charge in [0.2, 0.25) is 0 Å². The summed E-state index contributed by atoms with van der Waals surface area (Å²) in [5, 5.41) is 10.5. The van der Waals surface area contributed by atoms with E-state index in [0.717, 1.165) is 0 Å². The average molecular weight is 252 g/mol. The minimum Gasteiger partial charge on any atom is -0.258 e. The van der Waals surface area contributed by atoms with E-state index < -0.39 is 17.6 Å². The van der Waals surface area contributed by atoms with Crippen molar-refractivity contribution in [3.8, 4) is 0 Å². The van der Waals surface area contributed by atoms with E-state index in [2.05, 4.69) is 0 Å². The van der Waals surface area contributed by atoms with Crippen molar-refractivity contribution in [1.82, 2.24) is 4.72 Å². The number of para-hydroxylation sites is 1. The van der Waals surface area contributed by atoms with E-state index in [0.29, 0.717) is 11.9 Å². The molecule has 0 aromatic heterocycles. The van der Waals surface area contributed by atoms with Crippen molar-refractivity contribution in [3.63, 3.8) is 0 Å². The fourth-order valence-electron chi connectivity index (χ4n) is 0.890. The molecular weight excluding hydrogens is 245 g/mol. The van der Waals surface area contributed by atoms with Crippen molar-refractivity contribution in [2.45, 2.75) is 11.1 Å². The predicted molar refractivity (Wildman–Crippen MR) is 53.0 cm³/mol. The highest BCUT2D eigenvalue weighted by atomic mass is 32.2. The number of nitro benzene ring substituents is 1. The average Bonchev–Trinajstić information content (AvgIpc) is 2.16. The first kappa shape index (κ1) is 12.8. The molecule has 0 spiro atoms. The van der Waals surface area contributed by atoms with Gasteiger partial charge in [0.25, 0.3) is 5.69 Å². The molecule has 16 heavy (non-hydrogen) atoms. The monoisotopic (exact) mass is 252 g/mol. The summed E-state index contributed by atoms with van der Waals surface area (Å²) < 4.78 is 37.4. The molecule has 0 aliphatic carbocycles. The molecule has 0 aliphatic heterocycles. The standard InChI is InChI=1S/C8H7F3N2O2S/c9-8(10,11)5-12-16-7-4-2-1-3-6(7)13(14)15/h1-4,12H,5H2. The molecule has 0 heterocycles. The molecule has 88 valence electrons. The van der Waals surface area contributed by atoms with Gasteiger partial charge in [0.15, 0.2) is 0 Å². The summed E-state index contributed by atoms with van der Waals surface area (Å²) in [7, 11) is 0. The Kier molecular flexibility index (Phi) is 4.13. The maximum Gasteiger partial charge on any atom is 0.402 e. The van der Waals surface area contributed by atoms with Gasteiger partial charge in [0.05, 0.1) is 4.92 Å². The van der Waals surface area contributed by atoms with Crippen LogP contribution in [0.3, 0.4) is 0 Å². The number of hydrogen-bond donors (Lipinski definition) is 1. The molecule has 0 fully saturated rings. The Labute approximate surface area is 93.1 Å². The molecule has 0 unspecified atom stereocenters. The largest absolute Gasteiger partial charge is 0.402 e. The summed E-state index contributed by atoms with van der Waals surface area (Å²) in [5.74, 6) is 0. The number of nitrogens with one attached hydrogen (secondary N) is 1. The van der Waals surface area contributed by atoms with Gasteiger partial charge in [-0.25, -0.2) is 0 Å². The van der Waals surface area contributed by atoms with Crippen LogP contribution >= 0.6 is 11.9 Å². The summed E-state index contributed by atoms with van der Waals surface area (Å²) in [6.45, 7) is -1.20. The van der Waals surface area contributed by atoms with Crippen molar-refractivity contribution in [2.75, 3.05) is 6.54 Å². The van der Waals surface area contributed by atoms with Crippen LogP contribution in [0.1, 0.15) is 0 Å². The summed E-state index contributed by atoms with van der Waals surface area (Å²) >= 11 is 0.591. The zero-order valence-electron chi connectivity index (χ0n) is 7.82. The van der Waals surface area contributed by atoms with E-state index >= 15 is 0 Å². The molecule has 8 heteroatoms. The minimum absolute atomic E-state index is 0.150. The third-order valence-corrected chi connectivity index (χ3v) is 2.37. The molecule has 0 saturated carbocycles. The summed E-state index contributed by atoms with van der Waals surface area (Å²) in [5.41, 5.74) is -0.220. The molecule has 1 N–H and O–H groups in total. The zero-order chi connectivity index (χ0) is 12.2. The zero-order valence-corrected chi connectivity index (χ0v) is 8.64. The van der Waals surface area contributed by atoms with Crippen molar-refractivity contribution < 1.29 is 18.1 Å². The van der Waals surface area contributed by atoms with E-state index in [4.69, 9.17) is 0 Å². The molecule has 0 saturated heterocycles. The van der Waals surface area contributed by atoms with E-state index in [1.54, 1.807) is 0 Å². The van der Waals surface area contributed by atoms with Gasteiger partial charge >= 0.3 is 6.18 Å². The third kappa shape index (κ3) is 4.07. The van der Waals surface area contributed by atoms with Crippen molar-refractivity contribution in [3.05, 3.63) is 34.4 Å². The van der Waals surface area contributed by atoms with Crippen LogP contribution < -0.4 is 4.72 Å². The topological polar surface area (TPSA) is 55.2 Å². The number of alkyl halides is 3. The van der Waals surface area contributed by atoms with E-state index in [1.807, 2.05) is 4.72 Å². The highest BCUT2D eigenvalue weighted by Gasteiger charge is 2.27. The Morgan fingerprint density at radius 3 is 2.56 bits per heavy atom. The highest BCUT2D eigenvalue weighted by Crippen LogP contribution is 2.27. The van der Waals surface area contributed by atoms with Gasteiger partial charge in [-0.05, 0) is 18.0 Å². The predicted octanol–water partition coefficient (Wildman–Crippen LogP) is 2.75. The lowest BCUT2D eigenvalue weighted by Crippen LogP contribution is -2.23. The number of hydrogen-bond acceptors (Lipinski definition) is 4. The molecule has 0 bridgehead atoms. The van der Waals surface area contributed by atoms with Gasteiger partial charge in [-0.2, -0.15) is 13.2 Å². The van der Waals surface area contributed by atoms with E-state index in [9.17, 15) is 23.3 Å². The van der Waals surface area contributed by atoms with Gasteiger partial charge in [0.1, 0.15) is 11.4 Å². The fraction of sp³-hybridized carbons (Fsp3) is 0.250. The third-order valence-electron chi connectivity index (χ3n) is 1.52. The lowest BCUT2D eigenvalue weighted by molar-refractivity contribution is -0.387. The SMILES string of the molecule is O=[N+]([O-])c1ccccc1SNCC(F)(F)F. The van der Waals surface area contributed by atoms with Gasteiger partial charge in [-0.15, -0.1) is 0 Å². The second-order valence-corrected chi connectivity index (χ2v) is 3.70. The molecule has 0 atom stereocenters. The Morgan fingerprint density at radius 1 is 1.38 bits per heavy atom. The van der Waals surface area contributed by atoms with Crippen molar-refractivity contribution >= 4 is 17.6 Å². The van der Waals surface area contributed by atoms with Crippen LogP contribution in [0.2, 0.25) is 0 Å². The molecule has 1 rings (SSSR count). The first-order valence-electron chi connectivity index (χ1n) is 4.10. The molecular formula is C8H7F3N2O2S. The quantitative estimate of drug-likeness (QED) is 0.508. The van der Waals surface area contributed by atoms with Gasteiger partial charge in [-0.3, -0.25) is 14.8 Å². The Bertz CT molecular complexity index is 384. The highest BCUT2D eigenvalue weighted by molar-refractivity contribution is 7.97. The molecule has 0 aliphatic rings. The molecule has 0 amide bonds. The molecule has 1 aromatic rings. The summed E-state index contributed by atoms with van der Waals surface area (Å²) in [6, 6.07) is 5.58. The fourth-order valence-corrected chi connectivity index (χ4v) is 1.68. The van der Waals surface area contributed by atoms with Crippen LogP contribution in [0.4, 0.5) is 18.9 Å². The van der Waals surface area contributed by atoms with E-state index in [1.165, 1.54) is 24.3 Å². The van der Waals surface area contributed by atoms with Crippen LogP contribution in [-0.2, 0) is 0 Å². The molecule has 1 aromatic carbocycles. The molecule has 4 nitrogen and oxygen atoms in total. The number of benzene rings is 1. The minimum atomic E-state index is -4.34. The van der Waals surface area contributed by atoms with Gasteiger partial charge < -0.3 is 0 Å². The maximum absolute atomic E-state index is 11.8. The normalized spacial score (nSPS) is 11.4. The lowest BCUT2D eigenvalue weighted by atomic mass is 10.3. The summed E-state index contributed by atoms with van der Waals surface area (Å²) in [4.78, 5) is 10.0. The van der Waals surface area contributed by atoms with Crippen LogP contribution in [0.25, 0.3) is 0 Å². The van der Waals surface area contributed by atoms with Gasteiger partial charge in [0, 0.05) is 6.07 Å². The Morgan fingerprint density at radius 2 is 2.00 bits per heavy atom. The Balaban J connectivity index is 2.64. The van der Waals surface area contributed by atoms with Gasteiger partial charge in [-0.1, -0.05) is 12.1 Å². The molecule has 0 radical (unpaired) electrons. The maximum atomic E-state index is 11.8. The van der Waals surface area contributed by atoms with Crippen LogP contribution in [0.15, 0.2) is 29.2 Å². The number of nitro groups is 1. The first-order chi connectivity index (χ1) is 7.40. The second kappa shape index (κ2) is 5.17. The van der Waals surface area contributed by atoms with Crippen molar-refractivity contribution in [1.29, 1.82) is 0 Å². The smallest absolute Gasteiger partial charge is 0.258 e. The second-order valence-electron chi connectivity index (χ2n) is 2.76. The van der Waals surface area contributed by atoms with Crippen LogP contribution in [0, 0.1) is 10.1 Å². The number of halogens is 3. The summed E-state index contributed by atoms with van der Waals surface area (Å²) in [6.07, 6.45) is -4.34. The van der Waals surface area contributed by atoms with Crippen LogP contribution in [-0.4, -0.2) is 17.6 Å². The van der Waals surface area contributed by atoms with Crippen LogP contribution in [0.5, 0.6) is 0 Å². The number of rotatable bonds is 4. The Hall–Kier alpha value is -1.28. The van der Waals surface area contributed by atoms with E-state index in [-0.39, 0.29) is 10.6 Å². The first-order valence-corrected chi connectivity index (χ1v) is 4.91. The van der Waals surface area contributed by atoms with Crippen molar-refractivity contribution in [2.24, 2.45) is 0 Å². The number of nitrogens with zero attached hydrogens (tertiary/aromatic N) is 1. The lowest BCUT2D eigenvalue weighted by Gasteiger charge is -2.07.